The molecule has 0 radical (unpaired) electrons. The third kappa shape index (κ3) is 3.23. The number of fused-ring (bicyclic) bond motifs is 1. The van der Waals surface area contributed by atoms with Gasteiger partial charge in [0.15, 0.2) is 0 Å². The predicted octanol–water partition coefficient (Wildman–Crippen LogP) is 2.02. The molecule has 1 unspecified atom stereocenters. The molecular weight excluding hydrogens is 322 g/mol. The smallest absolute Gasteiger partial charge is 0.273 e. The van der Waals surface area contributed by atoms with Crippen LogP contribution >= 0.6 is 11.3 Å². The molecule has 1 saturated heterocycles. The fourth-order valence-corrected chi connectivity index (χ4v) is 4.35. The summed E-state index contributed by atoms with van der Waals surface area (Å²) in [6.45, 7) is 7.64. The second-order valence-corrected chi connectivity index (χ2v) is 7.87. The van der Waals surface area contributed by atoms with Gasteiger partial charge in [-0.3, -0.25) is 4.79 Å². The van der Waals surface area contributed by atoms with Crippen LogP contribution in [0.25, 0.3) is 0 Å². The van der Waals surface area contributed by atoms with Crippen LogP contribution in [0.1, 0.15) is 34.2 Å². The number of rotatable bonds is 3. The van der Waals surface area contributed by atoms with Crippen LogP contribution < -0.4 is 0 Å². The van der Waals surface area contributed by atoms with Crippen LogP contribution in [0.5, 0.6) is 0 Å². The summed E-state index contributed by atoms with van der Waals surface area (Å²) in [5.74, 6) is 1.43. The maximum Gasteiger partial charge on any atom is 0.273 e. The summed E-state index contributed by atoms with van der Waals surface area (Å²) >= 11 is 1.53. The molecule has 24 heavy (non-hydrogen) atoms. The lowest BCUT2D eigenvalue weighted by molar-refractivity contribution is 0.0701. The number of carbonyl (C=O) groups is 1. The van der Waals surface area contributed by atoms with Crippen molar-refractivity contribution in [3.05, 3.63) is 34.3 Å². The molecule has 2 aromatic rings. The summed E-state index contributed by atoms with van der Waals surface area (Å²) < 4.78 is 2.21. The van der Waals surface area contributed by atoms with E-state index in [1.165, 1.54) is 37.3 Å². The Kier molecular flexibility index (Phi) is 4.37. The van der Waals surface area contributed by atoms with E-state index in [4.69, 9.17) is 0 Å². The van der Waals surface area contributed by atoms with Gasteiger partial charge in [-0.05, 0) is 32.9 Å². The van der Waals surface area contributed by atoms with Crippen molar-refractivity contribution < 1.29 is 4.79 Å². The first-order valence-electron chi connectivity index (χ1n) is 8.63. The molecule has 0 bridgehead atoms. The van der Waals surface area contributed by atoms with Crippen LogP contribution in [0.2, 0.25) is 0 Å². The molecule has 4 rings (SSSR count). The van der Waals surface area contributed by atoms with E-state index < -0.39 is 0 Å². The number of aromatic nitrogens is 3. The van der Waals surface area contributed by atoms with Gasteiger partial charge < -0.3 is 14.4 Å². The normalized spacial score (nSPS) is 21.7. The van der Waals surface area contributed by atoms with Crippen molar-refractivity contribution in [3.63, 3.8) is 0 Å². The van der Waals surface area contributed by atoms with E-state index in [2.05, 4.69) is 19.4 Å². The summed E-state index contributed by atoms with van der Waals surface area (Å²) in [6.07, 6.45) is 6.46. The minimum atomic E-state index is 0.0298. The molecule has 0 spiro atoms. The molecule has 1 fully saturated rings. The van der Waals surface area contributed by atoms with E-state index in [1.54, 1.807) is 0 Å². The average Bonchev–Trinajstić information content (AvgIpc) is 3.28. The Hall–Kier alpha value is -1.73. The minimum absolute atomic E-state index is 0.0298. The standard InChI is InChI=1S/C17H23N5OS/c1-13-19-15(12-24-13)17(23)22-10-14(8-20-5-2-3-6-20)9-21-7-4-18-16(21)11-22/h4,7,12,14H,2-3,5-6,8-11H2,1H3. The second-order valence-electron chi connectivity index (χ2n) is 6.81. The maximum absolute atomic E-state index is 12.9. The van der Waals surface area contributed by atoms with Gasteiger partial charge in [-0.15, -0.1) is 11.3 Å². The summed E-state index contributed by atoms with van der Waals surface area (Å²) in [4.78, 5) is 26.2. The number of carbonyl (C=O) groups excluding carboxylic acids is 1. The van der Waals surface area contributed by atoms with Crippen molar-refractivity contribution in [3.8, 4) is 0 Å². The molecule has 0 aliphatic carbocycles. The second kappa shape index (κ2) is 6.64. The van der Waals surface area contributed by atoms with Crippen molar-refractivity contribution in [2.75, 3.05) is 26.2 Å². The van der Waals surface area contributed by atoms with Gasteiger partial charge in [0.25, 0.3) is 5.91 Å². The predicted molar refractivity (Wildman–Crippen MR) is 93.0 cm³/mol. The van der Waals surface area contributed by atoms with E-state index >= 15 is 0 Å². The van der Waals surface area contributed by atoms with E-state index in [0.717, 1.165) is 30.5 Å². The Bertz CT molecular complexity index is 718. The van der Waals surface area contributed by atoms with Crippen molar-refractivity contribution in [2.45, 2.75) is 32.9 Å². The number of thiazole rings is 1. The van der Waals surface area contributed by atoms with E-state index in [1.807, 2.05) is 29.6 Å². The van der Waals surface area contributed by atoms with Crippen molar-refractivity contribution in [1.29, 1.82) is 0 Å². The largest absolute Gasteiger partial charge is 0.333 e. The van der Waals surface area contributed by atoms with E-state index in [0.29, 0.717) is 18.2 Å². The number of imidazole rings is 1. The molecule has 1 amide bonds. The Labute approximate surface area is 146 Å². The van der Waals surface area contributed by atoms with Gasteiger partial charge in [-0.2, -0.15) is 0 Å². The molecule has 0 N–H and O–H groups in total. The van der Waals surface area contributed by atoms with Crippen molar-refractivity contribution in [2.24, 2.45) is 5.92 Å². The van der Waals surface area contributed by atoms with Gasteiger partial charge in [0.05, 0.1) is 11.6 Å². The van der Waals surface area contributed by atoms with Crippen molar-refractivity contribution in [1.82, 2.24) is 24.3 Å². The zero-order valence-corrected chi connectivity index (χ0v) is 14.8. The summed E-state index contributed by atoms with van der Waals surface area (Å²) in [5, 5.41) is 2.80. The van der Waals surface area contributed by atoms with Gasteiger partial charge in [0.1, 0.15) is 11.5 Å². The third-order valence-corrected chi connectivity index (χ3v) is 5.68. The average molecular weight is 345 g/mol. The Morgan fingerprint density at radius 3 is 2.92 bits per heavy atom. The Balaban J connectivity index is 1.55. The quantitative estimate of drug-likeness (QED) is 0.854. The Morgan fingerprint density at radius 1 is 1.33 bits per heavy atom. The van der Waals surface area contributed by atoms with Gasteiger partial charge in [-0.1, -0.05) is 0 Å². The number of hydrogen-bond donors (Lipinski definition) is 0. The maximum atomic E-state index is 12.9. The fraction of sp³-hybridized carbons (Fsp3) is 0.588. The molecule has 7 heteroatoms. The number of aryl methyl sites for hydroxylation is 1. The van der Waals surface area contributed by atoms with Crippen LogP contribution in [0, 0.1) is 12.8 Å². The van der Waals surface area contributed by atoms with Crippen LogP contribution in [-0.4, -0.2) is 56.4 Å². The number of hydrogen-bond acceptors (Lipinski definition) is 5. The molecule has 4 heterocycles. The number of likely N-dealkylation sites (tertiary alicyclic amines) is 1. The molecule has 2 aromatic heterocycles. The molecule has 6 nitrogen and oxygen atoms in total. The van der Waals surface area contributed by atoms with E-state index in [-0.39, 0.29) is 5.91 Å². The minimum Gasteiger partial charge on any atom is -0.333 e. The van der Waals surface area contributed by atoms with Crippen LogP contribution in [0.15, 0.2) is 17.8 Å². The van der Waals surface area contributed by atoms with Gasteiger partial charge in [0.2, 0.25) is 0 Å². The molecule has 0 aromatic carbocycles. The summed E-state index contributed by atoms with van der Waals surface area (Å²) in [5.41, 5.74) is 0.567. The molecule has 1 atom stereocenters. The topological polar surface area (TPSA) is 54.3 Å². The zero-order chi connectivity index (χ0) is 16.5. The zero-order valence-electron chi connectivity index (χ0n) is 14.0. The lowest BCUT2D eigenvalue weighted by Gasteiger charge is -2.26. The van der Waals surface area contributed by atoms with Crippen molar-refractivity contribution >= 4 is 17.2 Å². The molecule has 2 aliphatic rings. The summed E-state index contributed by atoms with van der Waals surface area (Å²) in [6, 6.07) is 0. The van der Waals surface area contributed by atoms with Crippen LogP contribution in [0.4, 0.5) is 0 Å². The third-order valence-electron chi connectivity index (χ3n) is 4.91. The summed E-state index contributed by atoms with van der Waals surface area (Å²) in [7, 11) is 0. The van der Waals surface area contributed by atoms with Crippen LogP contribution in [0.3, 0.4) is 0 Å². The highest BCUT2D eigenvalue weighted by atomic mass is 32.1. The highest BCUT2D eigenvalue weighted by molar-refractivity contribution is 7.09. The first-order chi connectivity index (χ1) is 11.7. The molecular formula is C17H23N5OS. The first-order valence-corrected chi connectivity index (χ1v) is 9.51. The molecule has 128 valence electrons. The van der Waals surface area contributed by atoms with Gasteiger partial charge in [-0.25, -0.2) is 9.97 Å². The lowest BCUT2D eigenvalue weighted by atomic mass is 10.1. The van der Waals surface area contributed by atoms with E-state index in [9.17, 15) is 4.79 Å². The monoisotopic (exact) mass is 345 g/mol. The lowest BCUT2D eigenvalue weighted by Crippen LogP contribution is -2.38. The van der Waals surface area contributed by atoms with Gasteiger partial charge >= 0.3 is 0 Å². The molecule has 0 saturated carbocycles. The van der Waals surface area contributed by atoms with Crippen LogP contribution in [-0.2, 0) is 13.1 Å². The molecule has 2 aliphatic heterocycles. The Morgan fingerprint density at radius 2 is 2.17 bits per heavy atom. The number of nitrogens with zero attached hydrogens (tertiary/aromatic N) is 5. The fourth-order valence-electron chi connectivity index (χ4n) is 3.76. The highest BCUT2D eigenvalue weighted by Crippen LogP contribution is 2.21. The first kappa shape index (κ1) is 15.8. The SMILES string of the molecule is Cc1nc(C(=O)N2Cc3nccn3CC(CN3CCCC3)C2)cs1. The highest BCUT2D eigenvalue weighted by Gasteiger charge is 2.29. The van der Waals surface area contributed by atoms with Gasteiger partial charge in [0, 0.05) is 43.3 Å². The number of amides is 1.